The Balaban J connectivity index is 1.47. The molecule has 5 heteroatoms. The number of nitrogens with one attached hydrogen (secondary N) is 1. The van der Waals surface area contributed by atoms with E-state index in [0.29, 0.717) is 11.7 Å². The highest BCUT2D eigenvalue weighted by molar-refractivity contribution is 7.09. The van der Waals surface area contributed by atoms with E-state index in [1.807, 2.05) is 17.2 Å². The molecule has 0 atom stereocenters. The smallest absolute Gasteiger partial charge is 0.273 e. The van der Waals surface area contributed by atoms with Gasteiger partial charge in [-0.2, -0.15) is 0 Å². The van der Waals surface area contributed by atoms with Gasteiger partial charge in [-0.15, -0.1) is 11.3 Å². The summed E-state index contributed by atoms with van der Waals surface area (Å²) >= 11 is 1.54. The minimum absolute atomic E-state index is 0.102. The summed E-state index contributed by atoms with van der Waals surface area (Å²) in [5, 5.41) is 6.47. The molecule has 104 valence electrons. The van der Waals surface area contributed by atoms with Gasteiger partial charge in [0.15, 0.2) is 0 Å². The lowest BCUT2D eigenvalue weighted by molar-refractivity contribution is 0.0699. The molecule has 0 radical (unpaired) electrons. The van der Waals surface area contributed by atoms with E-state index >= 15 is 0 Å². The lowest BCUT2D eigenvalue weighted by atomic mass is 10.0. The van der Waals surface area contributed by atoms with Crippen molar-refractivity contribution in [2.24, 2.45) is 5.92 Å². The largest absolute Gasteiger partial charge is 0.337 e. The van der Waals surface area contributed by atoms with Crippen LogP contribution in [0.4, 0.5) is 0 Å². The Kier molecular flexibility index (Phi) is 3.84. The molecule has 2 fully saturated rings. The number of thiazole rings is 1. The topological polar surface area (TPSA) is 45.2 Å². The number of carbonyl (C=O) groups is 1. The van der Waals surface area contributed by atoms with Crippen LogP contribution in [0.1, 0.15) is 41.2 Å². The molecule has 1 saturated carbocycles. The summed E-state index contributed by atoms with van der Waals surface area (Å²) in [6, 6.07) is 0.599. The van der Waals surface area contributed by atoms with Crippen molar-refractivity contribution in [3.63, 3.8) is 0 Å². The van der Waals surface area contributed by atoms with Crippen LogP contribution in [-0.4, -0.2) is 41.5 Å². The maximum atomic E-state index is 12.2. The quantitative estimate of drug-likeness (QED) is 0.917. The molecule has 2 aliphatic rings. The Morgan fingerprint density at radius 3 is 2.74 bits per heavy atom. The number of piperidine rings is 1. The first-order valence-corrected chi connectivity index (χ1v) is 8.05. The second-order valence-corrected chi connectivity index (χ2v) is 6.73. The number of hydrogen-bond donors (Lipinski definition) is 1. The van der Waals surface area contributed by atoms with E-state index in [4.69, 9.17) is 0 Å². The van der Waals surface area contributed by atoms with Gasteiger partial charge in [0, 0.05) is 24.5 Å². The van der Waals surface area contributed by atoms with Crippen LogP contribution in [0.15, 0.2) is 5.38 Å². The summed E-state index contributed by atoms with van der Waals surface area (Å²) in [6.07, 6.45) is 4.93. The molecular weight excluding hydrogens is 258 g/mol. The summed E-state index contributed by atoms with van der Waals surface area (Å²) in [4.78, 5) is 18.5. The highest BCUT2D eigenvalue weighted by Gasteiger charge is 2.26. The van der Waals surface area contributed by atoms with Gasteiger partial charge in [0.25, 0.3) is 5.91 Å². The van der Waals surface area contributed by atoms with Crippen LogP contribution in [0.5, 0.6) is 0 Å². The zero-order valence-electron chi connectivity index (χ0n) is 11.4. The number of rotatable bonds is 4. The Labute approximate surface area is 118 Å². The number of amides is 1. The molecule has 0 bridgehead atoms. The van der Waals surface area contributed by atoms with E-state index in [1.54, 1.807) is 11.3 Å². The third kappa shape index (κ3) is 3.34. The average Bonchev–Trinajstić information content (AvgIpc) is 3.17. The van der Waals surface area contributed by atoms with Crippen LogP contribution in [0.3, 0.4) is 0 Å². The van der Waals surface area contributed by atoms with Crippen LogP contribution in [0.2, 0.25) is 0 Å². The van der Waals surface area contributed by atoms with Gasteiger partial charge in [0.2, 0.25) is 0 Å². The Morgan fingerprint density at radius 1 is 1.42 bits per heavy atom. The fourth-order valence-corrected chi connectivity index (χ4v) is 3.15. The van der Waals surface area contributed by atoms with Crippen molar-refractivity contribution >= 4 is 17.2 Å². The number of aromatic nitrogens is 1. The summed E-state index contributed by atoms with van der Waals surface area (Å²) < 4.78 is 0. The maximum Gasteiger partial charge on any atom is 0.273 e. The number of likely N-dealkylation sites (tertiary alicyclic amines) is 1. The van der Waals surface area contributed by atoms with Gasteiger partial charge < -0.3 is 10.2 Å². The number of hydrogen-bond acceptors (Lipinski definition) is 4. The predicted octanol–water partition coefficient (Wildman–Crippen LogP) is 2.06. The van der Waals surface area contributed by atoms with E-state index in [9.17, 15) is 4.79 Å². The molecule has 4 nitrogen and oxygen atoms in total. The van der Waals surface area contributed by atoms with E-state index in [1.165, 1.54) is 19.4 Å². The minimum Gasteiger partial charge on any atom is -0.337 e. The van der Waals surface area contributed by atoms with Gasteiger partial charge in [-0.1, -0.05) is 0 Å². The van der Waals surface area contributed by atoms with Crippen LogP contribution in [0, 0.1) is 12.8 Å². The predicted molar refractivity (Wildman–Crippen MR) is 76.5 cm³/mol. The average molecular weight is 279 g/mol. The highest BCUT2D eigenvalue weighted by atomic mass is 32.1. The zero-order valence-corrected chi connectivity index (χ0v) is 12.2. The second kappa shape index (κ2) is 5.59. The zero-order chi connectivity index (χ0) is 13.2. The van der Waals surface area contributed by atoms with Crippen LogP contribution >= 0.6 is 11.3 Å². The van der Waals surface area contributed by atoms with E-state index in [-0.39, 0.29) is 5.91 Å². The van der Waals surface area contributed by atoms with Crippen molar-refractivity contribution in [3.05, 3.63) is 16.1 Å². The molecule has 1 N–H and O–H groups in total. The normalized spacial score (nSPS) is 20.8. The molecule has 1 aromatic heterocycles. The standard InChI is InChI=1S/C14H21N3OS/c1-10-16-13(9-19-10)14(18)17-6-4-12(5-7-17)15-8-11-2-3-11/h9,11-12,15H,2-8H2,1H3. The maximum absolute atomic E-state index is 12.2. The highest BCUT2D eigenvalue weighted by Crippen LogP contribution is 2.28. The van der Waals surface area contributed by atoms with E-state index in [0.717, 1.165) is 36.9 Å². The van der Waals surface area contributed by atoms with Crippen molar-refractivity contribution in [1.82, 2.24) is 15.2 Å². The van der Waals surface area contributed by atoms with E-state index < -0.39 is 0 Å². The van der Waals surface area contributed by atoms with Gasteiger partial charge >= 0.3 is 0 Å². The van der Waals surface area contributed by atoms with Gasteiger partial charge in [0.1, 0.15) is 5.69 Å². The van der Waals surface area contributed by atoms with Crippen molar-refractivity contribution in [2.75, 3.05) is 19.6 Å². The Morgan fingerprint density at radius 2 is 2.16 bits per heavy atom. The lowest BCUT2D eigenvalue weighted by Gasteiger charge is -2.32. The third-order valence-corrected chi connectivity index (χ3v) is 4.79. The molecule has 3 rings (SSSR count). The Hall–Kier alpha value is -0.940. The number of aryl methyl sites for hydroxylation is 1. The molecule has 1 amide bonds. The van der Waals surface area contributed by atoms with Gasteiger partial charge in [0.05, 0.1) is 5.01 Å². The molecule has 1 aromatic rings. The summed E-state index contributed by atoms with van der Waals surface area (Å²) in [5.74, 6) is 1.03. The van der Waals surface area contributed by atoms with Gasteiger partial charge in [-0.05, 0) is 45.1 Å². The van der Waals surface area contributed by atoms with Crippen molar-refractivity contribution in [2.45, 2.75) is 38.6 Å². The van der Waals surface area contributed by atoms with Crippen LogP contribution in [0.25, 0.3) is 0 Å². The first-order chi connectivity index (χ1) is 9.22. The van der Waals surface area contributed by atoms with Gasteiger partial charge in [-0.25, -0.2) is 4.98 Å². The fraction of sp³-hybridized carbons (Fsp3) is 0.714. The first-order valence-electron chi connectivity index (χ1n) is 7.17. The molecule has 1 aliphatic heterocycles. The van der Waals surface area contributed by atoms with Crippen molar-refractivity contribution in [3.8, 4) is 0 Å². The first kappa shape index (κ1) is 13.1. The molecule has 0 spiro atoms. The summed E-state index contributed by atoms with van der Waals surface area (Å²) in [7, 11) is 0. The summed E-state index contributed by atoms with van der Waals surface area (Å²) in [6.45, 7) is 4.83. The molecular formula is C14H21N3OS. The molecule has 1 saturated heterocycles. The van der Waals surface area contributed by atoms with Crippen LogP contribution < -0.4 is 5.32 Å². The minimum atomic E-state index is 0.102. The monoisotopic (exact) mass is 279 g/mol. The van der Waals surface area contributed by atoms with Crippen molar-refractivity contribution < 1.29 is 4.79 Å². The van der Waals surface area contributed by atoms with Crippen molar-refractivity contribution in [1.29, 1.82) is 0 Å². The fourth-order valence-electron chi connectivity index (χ4n) is 2.57. The molecule has 0 unspecified atom stereocenters. The molecule has 0 aromatic carbocycles. The Bertz CT molecular complexity index is 447. The lowest BCUT2D eigenvalue weighted by Crippen LogP contribution is -2.45. The summed E-state index contributed by atoms with van der Waals surface area (Å²) in [5.41, 5.74) is 0.617. The SMILES string of the molecule is Cc1nc(C(=O)N2CCC(NCC3CC3)CC2)cs1. The molecule has 1 aliphatic carbocycles. The second-order valence-electron chi connectivity index (χ2n) is 5.67. The molecule has 2 heterocycles. The number of carbonyl (C=O) groups excluding carboxylic acids is 1. The third-order valence-electron chi connectivity index (χ3n) is 4.01. The molecule has 19 heavy (non-hydrogen) atoms. The van der Waals surface area contributed by atoms with Gasteiger partial charge in [-0.3, -0.25) is 4.79 Å². The van der Waals surface area contributed by atoms with Crippen LogP contribution in [-0.2, 0) is 0 Å². The number of nitrogens with zero attached hydrogens (tertiary/aromatic N) is 2. The van der Waals surface area contributed by atoms with E-state index in [2.05, 4.69) is 10.3 Å².